The van der Waals surface area contributed by atoms with E-state index in [1.165, 1.54) is 0 Å². The first-order valence-electron chi connectivity index (χ1n) is 9.34. The highest BCUT2D eigenvalue weighted by atomic mass is 35.5. The van der Waals surface area contributed by atoms with Gasteiger partial charge in [-0.05, 0) is 41.3 Å². The topological polar surface area (TPSA) is 71.0 Å². The predicted molar refractivity (Wildman–Crippen MR) is 105 cm³/mol. The number of nitrogens with one attached hydrogen (secondary N) is 1. The molecule has 0 amide bonds. The van der Waals surface area contributed by atoms with Crippen LogP contribution >= 0.6 is 11.6 Å². The third-order valence-electron chi connectivity index (χ3n) is 5.14. The number of rotatable bonds is 4. The molecule has 2 aromatic rings. The molecule has 0 bridgehead atoms. The summed E-state index contributed by atoms with van der Waals surface area (Å²) in [6, 6.07) is 12.0. The van der Waals surface area contributed by atoms with Crippen molar-refractivity contribution in [3.05, 3.63) is 58.1 Å². The lowest BCUT2D eigenvalue weighted by Crippen LogP contribution is -2.33. The molecule has 0 radical (unpaired) electrons. The number of hydrogen-bond acceptors (Lipinski definition) is 5. The van der Waals surface area contributed by atoms with Gasteiger partial charge in [-0.2, -0.15) is 0 Å². The molecule has 2 aliphatic heterocycles. The molecule has 6 heteroatoms. The van der Waals surface area contributed by atoms with Crippen LogP contribution < -0.4 is 10.1 Å². The maximum Gasteiger partial charge on any atom is 0.142 e. The highest BCUT2D eigenvalue weighted by molar-refractivity contribution is 6.31. The standard InChI is InChI=1S/C21H24ClNO4/c22-18-3-2-14(21-11-16(25)10-17(12-24)27-21)9-15(18)7-13-1-4-20-19(8-13)23-5-6-26-20/h1-4,8-9,16-17,21,23-25H,5-7,10-12H2. The number of benzene rings is 2. The van der Waals surface area contributed by atoms with Crippen LogP contribution in [0.15, 0.2) is 36.4 Å². The largest absolute Gasteiger partial charge is 0.490 e. The van der Waals surface area contributed by atoms with Crippen LogP contribution in [0.2, 0.25) is 5.02 Å². The highest BCUT2D eigenvalue weighted by Gasteiger charge is 2.29. The molecule has 1 fully saturated rings. The molecule has 27 heavy (non-hydrogen) atoms. The Kier molecular flexibility index (Phi) is 5.55. The summed E-state index contributed by atoms with van der Waals surface area (Å²) in [5, 5.41) is 23.5. The van der Waals surface area contributed by atoms with Gasteiger partial charge in [0, 0.05) is 24.4 Å². The van der Waals surface area contributed by atoms with Crippen molar-refractivity contribution in [3.8, 4) is 5.75 Å². The lowest BCUT2D eigenvalue weighted by molar-refractivity contribution is -0.113. The third-order valence-corrected chi connectivity index (χ3v) is 5.51. The summed E-state index contributed by atoms with van der Waals surface area (Å²) < 4.78 is 11.6. The molecule has 3 N–H and O–H groups in total. The molecule has 2 aromatic carbocycles. The summed E-state index contributed by atoms with van der Waals surface area (Å²) in [6.07, 6.45) is 0.659. The van der Waals surface area contributed by atoms with Crippen LogP contribution in [-0.4, -0.2) is 42.2 Å². The van der Waals surface area contributed by atoms with Crippen molar-refractivity contribution < 1.29 is 19.7 Å². The molecule has 0 spiro atoms. The second kappa shape index (κ2) is 8.07. The van der Waals surface area contributed by atoms with Crippen LogP contribution in [-0.2, 0) is 11.2 Å². The second-order valence-corrected chi connectivity index (χ2v) is 7.60. The maximum atomic E-state index is 10.1. The number of halogens is 1. The first-order chi connectivity index (χ1) is 13.1. The Balaban J connectivity index is 1.56. The fourth-order valence-corrected chi connectivity index (χ4v) is 3.95. The minimum absolute atomic E-state index is 0.0851. The lowest BCUT2D eigenvalue weighted by Gasteiger charge is -2.32. The number of aliphatic hydroxyl groups excluding tert-OH is 2. The van der Waals surface area contributed by atoms with Crippen molar-refractivity contribution in [2.45, 2.75) is 37.6 Å². The van der Waals surface area contributed by atoms with Crippen molar-refractivity contribution in [3.63, 3.8) is 0 Å². The Bertz CT molecular complexity index is 813. The molecule has 3 unspecified atom stereocenters. The van der Waals surface area contributed by atoms with E-state index in [4.69, 9.17) is 21.1 Å². The van der Waals surface area contributed by atoms with Gasteiger partial charge in [-0.3, -0.25) is 0 Å². The van der Waals surface area contributed by atoms with Crippen molar-refractivity contribution >= 4 is 17.3 Å². The SMILES string of the molecule is OCC1CC(O)CC(c2ccc(Cl)c(Cc3ccc4c(c3)NCCO4)c2)O1. The zero-order valence-corrected chi connectivity index (χ0v) is 15.8. The summed E-state index contributed by atoms with van der Waals surface area (Å²) in [7, 11) is 0. The molecule has 0 aromatic heterocycles. The van der Waals surface area contributed by atoms with Gasteiger partial charge in [0.05, 0.1) is 30.6 Å². The van der Waals surface area contributed by atoms with Gasteiger partial charge in [0.25, 0.3) is 0 Å². The zero-order valence-electron chi connectivity index (χ0n) is 15.0. The molecular formula is C21H24ClNO4. The average molecular weight is 390 g/mol. The van der Waals surface area contributed by atoms with Gasteiger partial charge in [-0.1, -0.05) is 29.8 Å². The molecule has 2 aliphatic rings. The summed E-state index contributed by atoms with van der Waals surface area (Å²) in [6.45, 7) is 1.40. The van der Waals surface area contributed by atoms with Gasteiger partial charge in [-0.15, -0.1) is 0 Å². The quantitative estimate of drug-likeness (QED) is 0.748. The first-order valence-corrected chi connectivity index (χ1v) is 9.72. The first kappa shape index (κ1) is 18.6. The Morgan fingerprint density at radius 3 is 2.89 bits per heavy atom. The summed E-state index contributed by atoms with van der Waals surface area (Å²) in [4.78, 5) is 0. The van der Waals surface area contributed by atoms with Crippen LogP contribution in [0.5, 0.6) is 5.75 Å². The number of aliphatic hydroxyl groups is 2. The third kappa shape index (κ3) is 4.22. The molecule has 0 aliphatic carbocycles. The van der Waals surface area contributed by atoms with Crippen molar-refractivity contribution in [1.29, 1.82) is 0 Å². The van der Waals surface area contributed by atoms with Crippen molar-refractivity contribution in [2.75, 3.05) is 25.1 Å². The molecule has 2 heterocycles. The normalized spacial score (nSPS) is 24.6. The molecule has 3 atom stereocenters. The Morgan fingerprint density at radius 1 is 1.15 bits per heavy atom. The molecule has 144 valence electrons. The Hall–Kier alpha value is -1.79. The molecule has 4 rings (SSSR count). The van der Waals surface area contributed by atoms with Gasteiger partial charge in [0.1, 0.15) is 12.4 Å². The van der Waals surface area contributed by atoms with Crippen LogP contribution in [0.3, 0.4) is 0 Å². The average Bonchev–Trinajstić information content (AvgIpc) is 2.69. The smallest absolute Gasteiger partial charge is 0.142 e. The van der Waals surface area contributed by atoms with E-state index in [0.717, 1.165) is 34.7 Å². The summed E-state index contributed by atoms with van der Waals surface area (Å²) >= 11 is 6.44. The van der Waals surface area contributed by atoms with Crippen molar-refractivity contribution in [2.24, 2.45) is 0 Å². The maximum absolute atomic E-state index is 10.1. The number of ether oxygens (including phenoxy) is 2. The van der Waals surface area contributed by atoms with Crippen molar-refractivity contribution in [1.82, 2.24) is 0 Å². The number of fused-ring (bicyclic) bond motifs is 1. The second-order valence-electron chi connectivity index (χ2n) is 7.19. The van der Waals surface area contributed by atoms with Crippen LogP contribution in [0.4, 0.5) is 5.69 Å². The fourth-order valence-electron chi connectivity index (χ4n) is 3.77. The van der Waals surface area contributed by atoms with Gasteiger partial charge in [0.15, 0.2) is 0 Å². The van der Waals surface area contributed by atoms with Gasteiger partial charge in [-0.25, -0.2) is 0 Å². The monoisotopic (exact) mass is 389 g/mol. The van der Waals surface area contributed by atoms with E-state index >= 15 is 0 Å². The molecular weight excluding hydrogens is 366 g/mol. The predicted octanol–water partition coefficient (Wildman–Crippen LogP) is 3.31. The van der Waals surface area contributed by atoms with Gasteiger partial charge >= 0.3 is 0 Å². The van der Waals surface area contributed by atoms with Gasteiger partial charge < -0.3 is 25.0 Å². The van der Waals surface area contributed by atoms with E-state index in [-0.39, 0.29) is 18.8 Å². The Labute approximate surface area is 163 Å². The van der Waals surface area contributed by atoms with Crippen LogP contribution in [0.1, 0.15) is 35.6 Å². The molecule has 5 nitrogen and oxygen atoms in total. The minimum Gasteiger partial charge on any atom is -0.490 e. The lowest BCUT2D eigenvalue weighted by atomic mass is 9.94. The van der Waals surface area contributed by atoms with Gasteiger partial charge in [0.2, 0.25) is 0 Å². The minimum atomic E-state index is -0.466. The van der Waals surface area contributed by atoms with E-state index in [2.05, 4.69) is 17.4 Å². The van der Waals surface area contributed by atoms with E-state index in [1.54, 1.807) is 0 Å². The fraction of sp³-hybridized carbons (Fsp3) is 0.429. The van der Waals surface area contributed by atoms with Crippen LogP contribution in [0, 0.1) is 0 Å². The molecule has 1 saturated heterocycles. The summed E-state index contributed by atoms with van der Waals surface area (Å²) in [5.41, 5.74) is 4.14. The van der Waals surface area contributed by atoms with E-state index in [0.29, 0.717) is 30.9 Å². The van der Waals surface area contributed by atoms with E-state index in [1.807, 2.05) is 24.3 Å². The Morgan fingerprint density at radius 2 is 2.04 bits per heavy atom. The van der Waals surface area contributed by atoms with Crippen LogP contribution in [0.25, 0.3) is 0 Å². The molecule has 0 saturated carbocycles. The summed E-state index contributed by atoms with van der Waals surface area (Å²) in [5.74, 6) is 0.879. The zero-order chi connectivity index (χ0) is 18.8. The highest BCUT2D eigenvalue weighted by Crippen LogP contribution is 2.34. The van der Waals surface area contributed by atoms with E-state index in [9.17, 15) is 10.2 Å². The number of hydrogen-bond donors (Lipinski definition) is 3. The number of anilines is 1. The van der Waals surface area contributed by atoms with E-state index < -0.39 is 6.10 Å².